The third-order valence-electron chi connectivity index (χ3n) is 3.51. The van der Waals surface area contributed by atoms with Crippen LogP contribution in [0.1, 0.15) is 25.5 Å². The standard InChI is InChI=1S/C15H17N5O2/c1-9(2)11-7-14(17-15(21)22)20(18-11)10-4-5-13-12(6-10)16-8-19(13)3/h4-9,17H,1-3H3,(H,21,22). The van der Waals surface area contributed by atoms with E-state index in [2.05, 4.69) is 15.4 Å². The minimum atomic E-state index is -1.12. The smallest absolute Gasteiger partial charge is 0.410 e. The van der Waals surface area contributed by atoms with Crippen LogP contribution in [-0.2, 0) is 7.05 Å². The molecule has 0 unspecified atom stereocenters. The van der Waals surface area contributed by atoms with Crippen LogP contribution < -0.4 is 5.32 Å². The van der Waals surface area contributed by atoms with Crippen LogP contribution in [0.3, 0.4) is 0 Å². The number of nitrogens with one attached hydrogen (secondary N) is 1. The Labute approximate surface area is 127 Å². The van der Waals surface area contributed by atoms with E-state index in [1.54, 1.807) is 17.1 Å². The molecule has 1 amide bonds. The maximum absolute atomic E-state index is 11.0. The predicted octanol–water partition coefficient (Wildman–Crippen LogP) is 2.97. The van der Waals surface area contributed by atoms with Gasteiger partial charge in [-0.25, -0.2) is 14.5 Å². The molecule has 1 aromatic carbocycles. The normalized spacial score (nSPS) is 11.3. The van der Waals surface area contributed by atoms with Gasteiger partial charge in [-0.1, -0.05) is 13.8 Å². The van der Waals surface area contributed by atoms with Crippen LogP contribution in [0.25, 0.3) is 16.7 Å². The Morgan fingerprint density at radius 3 is 2.77 bits per heavy atom. The number of fused-ring (bicyclic) bond motifs is 1. The first-order chi connectivity index (χ1) is 10.5. The van der Waals surface area contributed by atoms with Gasteiger partial charge in [0.05, 0.1) is 28.7 Å². The largest absolute Gasteiger partial charge is 0.465 e. The molecule has 0 bridgehead atoms. The fourth-order valence-corrected chi connectivity index (χ4v) is 2.33. The monoisotopic (exact) mass is 299 g/mol. The summed E-state index contributed by atoms with van der Waals surface area (Å²) in [5, 5.41) is 15.9. The maximum Gasteiger partial charge on any atom is 0.410 e. The van der Waals surface area contributed by atoms with Gasteiger partial charge in [-0.05, 0) is 24.1 Å². The Hall–Kier alpha value is -2.83. The van der Waals surface area contributed by atoms with Crippen molar-refractivity contribution in [1.29, 1.82) is 0 Å². The van der Waals surface area contributed by atoms with Gasteiger partial charge in [-0.3, -0.25) is 5.32 Å². The molecule has 7 heteroatoms. The van der Waals surface area contributed by atoms with Gasteiger partial charge < -0.3 is 9.67 Å². The highest BCUT2D eigenvalue weighted by Crippen LogP contribution is 2.24. The van der Waals surface area contributed by atoms with E-state index in [1.807, 2.05) is 43.7 Å². The molecule has 3 rings (SSSR count). The highest BCUT2D eigenvalue weighted by atomic mass is 16.4. The van der Waals surface area contributed by atoms with Crippen molar-refractivity contribution in [2.24, 2.45) is 7.05 Å². The van der Waals surface area contributed by atoms with Gasteiger partial charge in [0.25, 0.3) is 0 Å². The van der Waals surface area contributed by atoms with Crippen molar-refractivity contribution in [3.63, 3.8) is 0 Å². The first-order valence-electron chi connectivity index (χ1n) is 6.97. The molecule has 3 aromatic rings. The van der Waals surface area contributed by atoms with Crippen LogP contribution >= 0.6 is 0 Å². The van der Waals surface area contributed by atoms with Crippen molar-refractivity contribution in [3.05, 3.63) is 36.3 Å². The Balaban J connectivity index is 2.12. The number of rotatable bonds is 3. The average molecular weight is 299 g/mol. The van der Waals surface area contributed by atoms with Crippen LogP contribution in [-0.4, -0.2) is 30.5 Å². The van der Waals surface area contributed by atoms with E-state index in [1.165, 1.54) is 0 Å². The summed E-state index contributed by atoms with van der Waals surface area (Å²) in [6.45, 7) is 4.03. The first-order valence-corrected chi connectivity index (χ1v) is 6.97. The molecule has 0 saturated carbocycles. The molecule has 0 saturated heterocycles. The van der Waals surface area contributed by atoms with E-state index in [4.69, 9.17) is 5.11 Å². The number of hydrogen-bond acceptors (Lipinski definition) is 3. The van der Waals surface area contributed by atoms with Crippen molar-refractivity contribution in [3.8, 4) is 5.69 Å². The summed E-state index contributed by atoms with van der Waals surface area (Å²) < 4.78 is 3.52. The van der Waals surface area contributed by atoms with Crippen molar-refractivity contribution < 1.29 is 9.90 Å². The van der Waals surface area contributed by atoms with Gasteiger partial charge in [-0.15, -0.1) is 0 Å². The van der Waals surface area contributed by atoms with Gasteiger partial charge >= 0.3 is 6.09 Å². The Morgan fingerprint density at radius 1 is 1.32 bits per heavy atom. The number of imidazole rings is 1. The number of aryl methyl sites for hydroxylation is 1. The lowest BCUT2D eigenvalue weighted by Gasteiger charge is -2.07. The lowest BCUT2D eigenvalue weighted by molar-refractivity contribution is 0.209. The SMILES string of the molecule is CC(C)c1cc(NC(=O)O)n(-c2ccc3c(c2)ncn3C)n1. The molecule has 114 valence electrons. The molecular formula is C15H17N5O2. The zero-order chi connectivity index (χ0) is 15.9. The van der Waals surface area contributed by atoms with Crippen LogP contribution in [0.4, 0.5) is 10.6 Å². The van der Waals surface area contributed by atoms with Crippen molar-refractivity contribution >= 4 is 22.9 Å². The summed E-state index contributed by atoms with van der Waals surface area (Å²) in [5.41, 5.74) is 3.43. The molecule has 2 N–H and O–H groups in total. The summed E-state index contributed by atoms with van der Waals surface area (Å²) in [6, 6.07) is 7.48. The van der Waals surface area contributed by atoms with Crippen LogP contribution in [0, 0.1) is 0 Å². The number of aromatic nitrogens is 4. The number of carboxylic acid groups (broad SMARTS) is 1. The van der Waals surface area contributed by atoms with E-state index in [0.717, 1.165) is 22.4 Å². The molecule has 0 aliphatic heterocycles. The van der Waals surface area contributed by atoms with Crippen molar-refractivity contribution in [1.82, 2.24) is 19.3 Å². The van der Waals surface area contributed by atoms with Crippen LogP contribution in [0.5, 0.6) is 0 Å². The fraction of sp³-hybridized carbons (Fsp3) is 0.267. The summed E-state index contributed by atoms with van der Waals surface area (Å²) in [7, 11) is 1.93. The summed E-state index contributed by atoms with van der Waals surface area (Å²) in [5.74, 6) is 0.626. The second kappa shape index (κ2) is 5.18. The maximum atomic E-state index is 11.0. The number of amides is 1. The zero-order valence-corrected chi connectivity index (χ0v) is 12.6. The molecule has 7 nitrogen and oxygen atoms in total. The molecule has 0 aliphatic carbocycles. The molecule has 0 spiro atoms. The predicted molar refractivity (Wildman–Crippen MR) is 83.6 cm³/mol. The van der Waals surface area contributed by atoms with Gasteiger partial charge in [-0.2, -0.15) is 5.10 Å². The van der Waals surface area contributed by atoms with Gasteiger partial charge in [0.1, 0.15) is 5.82 Å². The summed E-state index contributed by atoms with van der Waals surface area (Å²) >= 11 is 0. The lowest BCUT2D eigenvalue weighted by Crippen LogP contribution is -2.11. The third kappa shape index (κ3) is 2.41. The van der Waals surface area contributed by atoms with E-state index >= 15 is 0 Å². The van der Waals surface area contributed by atoms with Crippen LogP contribution in [0.2, 0.25) is 0 Å². The van der Waals surface area contributed by atoms with E-state index in [-0.39, 0.29) is 5.92 Å². The third-order valence-corrected chi connectivity index (χ3v) is 3.51. The van der Waals surface area contributed by atoms with Gasteiger partial charge in [0.15, 0.2) is 0 Å². The fourth-order valence-electron chi connectivity index (χ4n) is 2.33. The number of carbonyl (C=O) groups is 1. The minimum absolute atomic E-state index is 0.203. The van der Waals surface area contributed by atoms with E-state index in [9.17, 15) is 4.79 Å². The van der Waals surface area contributed by atoms with Crippen LogP contribution in [0.15, 0.2) is 30.6 Å². The van der Waals surface area contributed by atoms with E-state index in [0.29, 0.717) is 5.82 Å². The molecule has 0 fully saturated rings. The first kappa shape index (κ1) is 14.1. The second-order valence-electron chi connectivity index (χ2n) is 5.48. The number of nitrogens with zero attached hydrogens (tertiary/aromatic N) is 4. The molecule has 0 atom stereocenters. The molecule has 0 radical (unpaired) electrons. The second-order valence-corrected chi connectivity index (χ2v) is 5.48. The van der Waals surface area contributed by atoms with Crippen molar-refractivity contribution in [2.45, 2.75) is 19.8 Å². The quantitative estimate of drug-likeness (QED) is 0.778. The number of benzene rings is 1. The molecular weight excluding hydrogens is 282 g/mol. The minimum Gasteiger partial charge on any atom is -0.465 e. The van der Waals surface area contributed by atoms with Gasteiger partial charge in [0, 0.05) is 13.1 Å². The highest BCUT2D eigenvalue weighted by molar-refractivity contribution is 5.83. The summed E-state index contributed by atoms with van der Waals surface area (Å²) in [4.78, 5) is 15.3. The van der Waals surface area contributed by atoms with Gasteiger partial charge in [0.2, 0.25) is 0 Å². The lowest BCUT2D eigenvalue weighted by atomic mass is 10.1. The number of hydrogen-bond donors (Lipinski definition) is 2. The average Bonchev–Trinajstić information content (AvgIpc) is 3.02. The Morgan fingerprint density at radius 2 is 2.09 bits per heavy atom. The molecule has 22 heavy (non-hydrogen) atoms. The topological polar surface area (TPSA) is 85.0 Å². The molecule has 2 heterocycles. The van der Waals surface area contributed by atoms with E-state index < -0.39 is 6.09 Å². The highest BCUT2D eigenvalue weighted by Gasteiger charge is 2.14. The Bertz CT molecular complexity index is 847. The number of anilines is 1. The summed E-state index contributed by atoms with van der Waals surface area (Å²) in [6.07, 6.45) is 0.628. The molecule has 0 aliphatic rings. The zero-order valence-electron chi connectivity index (χ0n) is 12.6. The Kier molecular flexibility index (Phi) is 3.32. The molecule has 2 aromatic heterocycles. The van der Waals surface area contributed by atoms with Crippen molar-refractivity contribution in [2.75, 3.05) is 5.32 Å².